The topological polar surface area (TPSA) is 95.3 Å². The van der Waals surface area contributed by atoms with Crippen LogP contribution in [-0.4, -0.2) is 58.6 Å². The first-order chi connectivity index (χ1) is 11.2. The summed E-state index contributed by atoms with van der Waals surface area (Å²) in [5.74, 6) is -0.287. The van der Waals surface area contributed by atoms with Crippen LogP contribution in [0.15, 0.2) is 17.8 Å². The lowest BCUT2D eigenvalue weighted by atomic mass is 10.1. The average molecular weight is 336 g/mol. The van der Waals surface area contributed by atoms with E-state index in [1.54, 1.807) is 29.5 Å². The number of amides is 1. The Morgan fingerprint density at radius 3 is 2.96 bits per heavy atom. The molecule has 23 heavy (non-hydrogen) atoms. The fraction of sp³-hybridized carbons (Fsp3) is 0.500. The number of aliphatic hydroxyl groups is 1. The highest BCUT2D eigenvalue weighted by Crippen LogP contribution is 2.21. The minimum absolute atomic E-state index is 0.188. The van der Waals surface area contributed by atoms with Crippen molar-refractivity contribution >= 4 is 22.4 Å². The zero-order chi connectivity index (χ0) is 16.2. The molecule has 3 heterocycles. The highest BCUT2D eigenvalue weighted by molar-refractivity contribution is 7.13. The Morgan fingerprint density at radius 1 is 1.52 bits per heavy atom. The Labute approximate surface area is 138 Å². The largest absolute Gasteiger partial charge is 0.394 e. The van der Waals surface area contributed by atoms with Gasteiger partial charge in [-0.05, 0) is 0 Å². The standard InChI is InChI=1S/C14H20N6O2S/c1-19-7-10(6-16-19)11(8-21)17-13(22)12-9-23-14(18-12)20-4-2-15-3-5-20/h6-7,9,11,15,21H,2-5,8H2,1H3,(H,17,22). The minimum atomic E-state index is -0.486. The molecule has 1 unspecified atom stereocenters. The molecule has 1 aliphatic heterocycles. The summed E-state index contributed by atoms with van der Waals surface area (Å²) in [6, 6.07) is -0.486. The summed E-state index contributed by atoms with van der Waals surface area (Å²) < 4.78 is 1.63. The second-order valence-electron chi connectivity index (χ2n) is 5.41. The number of hydrogen-bond acceptors (Lipinski definition) is 7. The van der Waals surface area contributed by atoms with Crippen LogP contribution in [0.1, 0.15) is 22.1 Å². The molecule has 1 amide bonds. The molecule has 1 saturated heterocycles. The molecule has 1 aliphatic rings. The molecule has 3 N–H and O–H groups in total. The molecule has 2 aromatic heterocycles. The molecule has 0 aliphatic carbocycles. The normalized spacial score (nSPS) is 16.3. The highest BCUT2D eigenvalue weighted by Gasteiger charge is 2.20. The van der Waals surface area contributed by atoms with Crippen molar-refractivity contribution in [3.63, 3.8) is 0 Å². The van der Waals surface area contributed by atoms with Gasteiger partial charge in [0.15, 0.2) is 5.13 Å². The molecule has 0 radical (unpaired) electrons. The third-order valence-corrected chi connectivity index (χ3v) is 4.63. The summed E-state index contributed by atoms with van der Waals surface area (Å²) in [4.78, 5) is 18.9. The second kappa shape index (κ2) is 7.07. The van der Waals surface area contributed by atoms with Crippen molar-refractivity contribution < 1.29 is 9.90 Å². The lowest BCUT2D eigenvalue weighted by molar-refractivity contribution is 0.0912. The summed E-state index contributed by atoms with van der Waals surface area (Å²) in [5, 5.41) is 22.3. The molecule has 124 valence electrons. The maximum atomic E-state index is 12.4. The summed E-state index contributed by atoms with van der Waals surface area (Å²) in [7, 11) is 1.79. The molecule has 8 nitrogen and oxygen atoms in total. The van der Waals surface area contributed by atoms with E-state index in [2.05, 4.69) is 25.6 Å². The van der Waals surface area contributed by atoms with Crippen LogP contribution in [0.5, 0.6) is 0 Å². The summed E-state index contributed by atoms with van der Waals surface area (Å²) in [5.41, 5.74) is 1.15. The van der Waals surface area contributed by atoms with Gasteiger partial charge in [-0.25, -0.2) is 4.98 Å². The maximum absolute atomic E-state index is 12.4. The van der Waals surface area contributed by atoms with Crippen LogP contribution in [0, 0.1) is 0 Å². The predicted molar refractivity (Wildman–Crippen MR) is 87.7 cm³/mol. The number of aromatic nitrogens is 3. The van der Waals surface area contributed by atoms with E-state index in [4.69, 9.17) is 0 Å². The summed E-state index contributed by atoms with van der Waals surface area (Å²) >= 11 is 1.47. The SMILES string of the molecule is Cn1cc(C(CO)NC(=O)c2csc(N3CCNCC3)n2)cn1. The first-order valence-electron chi connectivity index (χ1n) is 7.49. The zero-order valence-electron chi connectivity index (χ0n) is 12.9. The molecule has 1 atom stereocenters. The van der Waals surface area contributed by atoms with Crippen molar-refractivity contribution in [2.45, 2.75) is 6.04 Å². The quantitative estimate of drug-likeness (QED) is 0.697. The lowest BCUT2D eigenvalue weighted by Crippen LogP contribution is -2.43. The first kappa shape index (κ1) is 15.9. The molecule has 2 aromatic rings. The zero-order valence-corrected chi connectivity index (χ0v) is 13.7. The van der Waals surface area contributed by atoms with Gasteiger partial charge in [0.2, 0.25) is 0 Å². The van der Waals surface area contributed by atoms with Crippen LogP contribution < -0.4 is 15.5 Å². The van der Waals surface area contributed by atoms with Gasteiger partial charge in [0.25, 0.3) is 5.91 Å². The van der Waals surface area contributed by atoms with E-state index in [0.717, 1.165) is 36.9 Å². The van der Waals surface area contributed by atoms with Crippen LogP contribution in [0.2, 0.25) is 0 Å². The number of carbonyl (C=O) groups excluding carboxylic acids is 1. The first-order valence-corrected chi connectivity index (χ1v) is 8.37. The van der Waals surface area contributed by atoms with Crippen molar-refractivity contribution in [2.24, 2.45) is 7.05 Å². The van der Waals surface area contributed by atoms with Gasteiger partial charge in [-0.2, -0.15) is 5.10 Å². The number of rotatable bonds is 5. The van der Waals surface area contributed by atoms with Gasteiger partial charge in [-0.15, -0.1) is 11.3 Å². The molecule has 9 heteroatoms. The van der Waals surface area contributed by atoms with E-state index in [1.165, 1.54) is 11.3 Å². The average Bonchev–Trinajstić information content (AvgIpc) is 3.22. The van der Waals surface area contributed by atoms with E-state index in [0.29, 0.717) is 5.69 Å². The number of aryl methyl sites for hydroxylation is 1. The highest BCUT2D eigenvalue weighted by atomic mass is 32.1. The number of nitrogens with zero attached hydrogens (tertiary/aromatic N) is 4. The summed E-state index contributed by atoms with van der Waals surface area (Å²) in [6.07, 6.45) is 3.41. The van der Waals surface area contributed by atoms with Gasteiger partial charge in [-0.3, -0.25) is 9.48 Å². The number of nitrogens with one attached hydrogen (secondary N) is 2. The van der Waals surface area contributed by atoms with Gasteiger partial charge < -0.3 is 20.6 Å². The third-order valence-electron chi connectivity index (χ3n) is 3.73. The van der Waals surface area contributed by atoms with Gasteiger partial charge in [0.05, 0.1) is 18.8 Å². The van der Waals surface area contributed by atoms with E-state index in [-0.39, 0.29) is 12.5 Å². The smallest absolute Gasteiger partial charge is 0.271 e. The van der Waals surface area contributed by atoms with Crippen molar-refractivity contribution in [1.29, 1.82) is 0 Å². The number of thiazole rings is 1. The lowest BCUT2D eigenvalue weighted by Gasteiger charge is -2.26. The van der Waals surface area contributed by atoms with E-state index >= 15 is 0 Å². The van der Waals surface area contributed by atoms with Gasteiger partial charge in [0, 0.05) is 50.4 Å². The predicted octanol–water partition coefficient (Wildman–Crippen LogP) is -0.250. The Bertz CT molecular complexity index is 664. The Morgan fingerprint density at radius 2 is 2.30 bits per heavy atom. The number of anilines is 1. The van der Waals surface area contributed by atoms with Gasteiger partial charge >= 0.3 is 0 Å². The van der Waals surface area contributed by atoms with Crippen molar-refractivity contribution in [2.75, 3.05) is 37.7 Å². The monoisotopic (exact) mass is 336 g/mol. The molecular weight excluding hydrogens is 316 g/mol. The Balaban J connectivity index is 1.66. The molecule has 1 fully saturated rings. The molecular formula is C14H20N6O2S. The molecule has 0 aromatic carbocycles. The van der Waals surface area contributed by atoms with Crippen LogP contribution in [0.25, 0.3) is 0 Å². The van der Waals surface area contributed by atoms with E-state index in [1.807, 2.05) is 0 Å². The van der Waals surface area contributed by atoms with Crippen LogP contribution in [-0.2, 0) is 7.05 Å². The van der Waals surface area contributed by atoms with Crippen LogP contribution >= 0.6 is 11.3 Å². The summed E-state index contributed by atoms with van der Waals surface area (Å²) in [6.45, 7) is 3.45. The fourth-order valence-corrected chi connectivity index (χ4v) is 3.32. The van der Waals surface area contributed by atoms with Gasteiger partial charge in [-0.1, -0.05) is 0 Å². The Kier molecular flexibility index (Phi) is 4.89. The van der Waals surface area contributed by atoms with Crippen LogP contribution in [0.3, 0.4) is 0 Å². The number of carbonyl (C=O) groups is 1. The van der Waals surface area contributed by atoms with Gasteiger partial charge in [0.1, 0.15) is 5.69 Å². The van der Waals surface area contributed by atoms with Crippen molar-refractivity contribution in [1.82, 2.24) is 25.4 Å². The van der Waals surface area contributed by atoms with Crippen molar-refractivity contribution in [3.05, 3.63) is 29.0 Å². The Hall–Kier alpha value is -1.97. The third kappa shape index (κ3) is 3.69. The fourth-order valence-electron chi connectivity index (χ4n) is 2.46. The molecule has 0 saturated carbocycles. The minimum Gasteiger partial charge on any atom is -0.394 e. The molecule has 0 spiro atoms. The molecule has 0 bridgehead atoms. The number of hydrogen-bond donors (Lipinski definition) is 3. The molecule has 3 rings (SSSR count). The second-order valence-corrected chi connectivity index (χ2v) is 6.24. The van der Waals surface area contributed by atoms with Crippen molar-refractivity contribution in [3.8, 4) is 0 Å². The van der Waals surface area contributed by atoms with E-state index < -0.39 is 6.04 Å². The van der Waals surface area contributed by atoms with Crippen LogP contribution in [0.4, 0.5) is 5.13 Å². The van der Waals surface area contributed by atoms with E-state index in [9.17, 15) is 9.90 Å². The maximum Gasteiger partial charge on any atom is 0.271 e. The number of piperazine rings is 1. The number of aliphatic hydroxyl groups excluding tert-OH is 1.